The van der Waals surface area contributed by atoms with Crippen LogP contribution in [0.4, 0.5) is 0 Å². The molecule has 2 aliphatic rings. The van der Waals surface area contributed by atoms with Crippen molar-refractivity contribution in [1.29, 1.82) is 0 Å². The van der Waals surface area contributed by atoms with Gasteiger partial charge in [0.25, 0.3) is 0 Å². The quantitative estimate of drug-likeness (QED) is 0.403. The first-order valence-electron chi connectivity index (χ1n) is 9.85. The van der Waals surface area contributed by atoms with E-state index in [-0.39, 0.29) is 24.0 Å². The molecule has 3 rings (SSSR count). The lowest BCUT2D eigenvalue weighted by molar-refractivity contribution is 0.168. The minimum absolute atomic E-state index is 0. The fourth-order valence-corrected chi connectivity index (χ4v) is 4.08. The first-order chi connectivity index (χ1) is 12.3. The maximum atomic E-state index is 4.92. The lowest BCUT2D eigenvalue weighted by atomic mass is 9.81. The second-order valence-corrected chi connectivity index (χ2v) is 7.48. The number of guanidine groups is 1. The number of hydrogen-bond donors (Lipinski definition) is 1. The first-order valence-corrected chi connectivity index (χ1v) is 9.85. The van der Waals surface area contributed by atoms with Gasteiger partial charge < -0.3 is 14.7 Å². The van der Waals surface area contributed by atoms with Crippen molar-refractivity contribution in [2.75, 3.05) is 39.8 Å². The molecule has 0 radical (unpaired) electrons. The lowest BCUT2D eigenvalue weighted by Crippen LogP contribution is -2.52. The fraction of sp³-hybridized carbons (Fsp3) is 0.789. The molecule has 1 aromatic rings. The van der Waals surface area contributed by atoms with Crippen LogP contribution in [0.25, 0.3) is 0 Å². The van der Waals surface area contributed by atoms with Crippen LogP contribution in [0.1, 0.15) is 44.7 Å². The lowest BCUT2D eigenvalue weighted by Gasteiger charge is -2.37. The molecule has 1 saturated carbocycles. The van der Waals surface area contributed by atoms with E-state index in [4.69, 9.17) is 4.52 Å². The number of piperazine rings is 1. The minimum atomic E-state index is 0. The Morgan fingerprint density at radius 2 is 1.88 bits per heavy atom. The van der Waals surface area contributed by atoms with Crippen LogP contribution in [0.5, 0.6) is 0 Å². The molecule has 1 N–H and O–H groups in total. The molecule has 0 unspecified atom stereocenters. The Bertz CT molecular complexity index is 520. The largest absolute Gasteiger partial charge is 0.364 e. The topological polar surface area (TPSA) is 56.9 Å². The molecule has 1 aliphatic carbocycles. The number of aliphatic imine (C=N–C) groups is 1. The highest BCUT2D eigenvalue weighted by atomic mass is 127. The minimum Gasteiger partial charge on any atom is -0.364 e. The maximum Gasteiger partial charge on any atom is 0.193 e. The molecular weight excluding hydrogens is 441 g/mol. The molecule has 0 amide bonds. The molecule has 0 bridgehead atoms. The molecule has 26 heavy (non-hydrogen) atoms. The van der Waals surface area contributed by atoms with E-state index in [2.05, 4.69) is 32.2 Å². The van der Waals surface area contributed by atoms with E-state index in [0.29, 0.717) is 0 Å². The fourth-order valence-electron chi connectivity index (χ4n) is 4.08. The highest BCUT2D eigenvalue weighted by molar-refractivity contribution is 14.0. The number of nitrogens with zero attached hydrogens (tertiary/aromatic N) is 4. The molecule has 1 saturated heterocycles. The summed E-state index contributed by atoms with van der Waals surface area (Å²) in [7, 11) is 1.90. The van der Waals surface area contributed by atoms with Gasteiger partial charge in [0.15, 0.2) is 5.96 Å². The van der Waals surface area contributed by atoms with Crippen LogP contribution < -0.4 is 5.32 Å². The summed E-state index contributed by atoms with van der Waals surface area (Å²) in [5, 5.41) is 7.64. The molecule has 2 heterocycles. The highest BCUT2D eigenvalue weighted by Crippen LogP contribution is 2.30. The van der Waals surface area contributed by atoms with Crippen LogP contribution >= 0.6 is 24.0 Å². The summed E-state index contributed by atoms with van der Waals surface area (Å²) in [5.41, 5.74) is 1.01. The van der Waals surface area contributed by atoms with Gasteiger partial charge in [-0.05, 0) is 24.7 Å². The number of hydrogen-bond acceptors (Lipinski definition) is 4. The van der Waals surface area contributed by atoms with Gasteiger partial charge in [0, 0.05) is 52.4 Å². The first kappa shape index (κ1) is 21.5. The standard InChI is InChI=1S/C19H33N5O.HI/c1-3-16-4-6-17(7-5-16)14-21-19(20-2)24-11-9-23(10-12-24)15-18-8-13-25-22-18;/h8,13,16-17H,3-7,9-12,14-15H2,1-2H3,(H,20,21);1H. The van der Waals surface area contributed by atoms with E-state index < -0.39 is 0 Å². The summed E-state index contributed by atoms with van der Waals surface area (Å²) in [6.45, 7) is 8.37. The number of rotatable bonds is 5. The molecule has 0 spiro atoms. The van der Waals surface area contributed by atoms with Crippen molar-refractivity contribution in [3.8, 4) is 0 Å². The molecule has 2 fully saturated rings. The van der Waals surface area contributed by atoms with Crippen LogP contribution in [0.2, 0.25) is 0 Å². The van der Waals surface area contributed by atoms with Crippen molar-refractivity contribution < 1.29 is 4.52 Å². The summed E-state index contributed by atoms with van der Waals surface area (Å²) < 4.78 is 4.92. The predicted molar refractivity (Wildman–Crippen MR) is 116 cm³/mol. The van der Waals surface area contributed by atoms with Crippen molar-refractivity contribution in [2.24, 2.45) is 16.8 Å². The van der Waals surface area contributed by atoms with E-state index >= 15 is 0 Å². The van der Waals surface area contributed by atoms with Crippen LogP contribution in [-0.4, -0.2) is 60.7 Å². The molecule has 1 aromatic heterocycles. The monoisotopic (exact) mass is 475 g/mol. The van der Waals surface area contributed by atoms with Gasteiger partial charge in [-0.2, -0.15) is 0 Å². The summed E-state index contributed by atoms with van der Waals surface area (Å²) in [6.07, 6.45) is 8.54. The summed E-state index contributed by atoms with van der Waals surface area (Å²) in [4.78, 5) is 9.32. The molecule has 0 atom stereocenters. The van der Waals surface area contributed by atoms with Gasteiger partial charge in [-0.25, -0.2) is 0 Å². The van der Waals surface area contributed by atoms with Gasteiger partial charge in [0.1, 0.15) is 6.26 Å². The molecule has 148 valence electrons. The van der Waals surface area contributed by atoms with Crippen molar-refractivity contribution >= 4 is 29.9 Å². The third kappa shape index (κ3) is 6.11. The Labute approximate surface area is 174 Å². The Morgan fingerprint density at radius 1 is 1.19 bits per heavy atom. The summed E-state index contributed by atoms with van der Waals surface area (Å²) in [5.74, 6) is 2.85. The Morgan fingerprint density at radius 3 is 2.46 bits per heavy atom. The number of aromatic nitrogens is 1. The van der Waals surface area contributed by atoms with Gasteiger partial charge in [-0.3, -0.25) is 9.89 Å². The highest BCUT2D eigenvalue weighted by Gasteiger charge is 2.23. The smallest absolute Gasteiger partial charge is 0.193 e. The second kappa shape index (κ2) is 11.1. The molecule has 6 nitrogen and oxygen atoms in total. The summed E-state index contributed by atoms with van der Waals surface area (Å²) in [6, 6.07) is 1.94. The van der Waals surface area contributed by atoms with E-state index in [1.165, 1.54) is 32.1 Å². The zero-order valence-corrected chi connectivity index (χ0v) is 18.5. The second-order valence-electron chi connectivity index (χ2n) is 7.48. The molecular formula is C19H34IN5O. The van der Waals surface area contributed by atoms with Gasteiger partial charge >= 0.3 is 0 Å². The SMILES string of the molecule is CCC1CCC(CNC(=NC)N2CCN(Cc3ccon3)CC2)CC1.I. The van der Waals surface area contributed by atoms with Crippen molar-refractivity contribution in [1.82, 2.24) is 20.3 Å². The molecule has 0 aromatic carbocycles. The average Bonchev–Trinajstić information content (AvgIpc) is 3.17. The van der Waals surface area contributed by atoms with Gasteiger partial charge in [-0.1, -0.05) is 31.3 Å². The average molecular weight is 475 g/mol. The van der Waals surface area contributed by atoms with Crippen molar-refractivity contribution in [3.05, 3.63) is 18.0 Å². The van der Waals surface area contributed by atoms with Crippen LogP contribution in [0.3, 0.4) is 0 Å². The Hall–Kier alpha value is -0.830. The maximum absolute atomic E-state index is 4.92. The van der Waals surface area contributed by atoms with Gasteiger partial charge in [0.05, 0.1) is 5.69 Å². The van der Waals surface area contributed by atoms with Gasteiger partial charge in [-0.15, -0.1) is 24.0 Å². The number of halogens is 1. The zero-order valence-electron chi connectivity index (χ0n) is 16.2. The third-order valence-electron chi connectivity index (χ3n) is 5.85. The van der Waals surface area contributed by atoms with E-state index in [1.807, 2.05) is 13.1 Å². The van der Waals surface area contributed by atoms with E-state index in [0.717, 1.165) is 62.8 Å². The van der Waals surface area contributed by atoms with E-state index in [9.17, 15) is 0 Å². The Balaban J connectivity index is 0.00000243. The van der Waals surface area contributed by atoms with Crippen LogP contribution in [0.15, 0.2) is 21.8 Å². The molecule has 1 aliphatic heterocycles. The third-order valence-corrected chi connectivity index (χ3v) is 5.85. The summed E-state index contributed by atoms with van der Waals surface area (Å²) >= 11 is 0. The van der Waals surface area contributed by atoms with Crippen molar-refractivity contribution in [3.63, 3.8) is 0 Å². The van der Waals surface area contributed by atoms with Crippen LogP contribution in [-0.2, 0) is 6.54 Å². The normalized spacial score (nSPS) is 25.0. The van der Waals surface area contributed by atoms with E-state index in [1.54, 1.807) is 6.26 Å². The zero-order chi connectivity index (χ0) is 17.5. The molecule has 7 heteroatoms. The van der Waals surface area contributed by atoms with Crippen molar-refractivity contribution in [2.45, 2.75) is 45.6 Å². The Kier molecular flexibility index (Phi) is 9.18. The number of nitrogens with one attached hydrogen (secondary N) is 1. The van der Waals surface area contributed by atoms with Gasteiger partial charge in [0.2, 0.25) is 0 Å². The van der Waals surface area contributed by atoms with Crippen LogP contribution in [0, 0.1) is 11.8 Å². The predicted octanol–water partition coefficient (Wildman–Crippen LogP) is 3.20.